The smallest absolute Gasteiger partial charge is 0.280 e. The quantitative estimate of drug-likeness (QED) is 0.526. The van der Waals surface area contributed by atoms with Crippen molar-refractivity contribution in [2.24, 2.45) is 0 Å². The molecule has 8 nitrogen and oxygen atoms in total. The van der Waals surface area contributed by atoms with Crippen molar-refractivity contribution < 1.29 is 9.21 Å². The number of nitrogens with one attached hydrogen (secondary N) is 1. The first kappa shape index (κ1) is 19.4. The lowest BCUT2D eigenvalue weighted by molar-refractivity contribution is 0.102. The van der Waals surface area contributed by atoms with Crippen LogP contribution >= 0.6 is 0 Å². The largest absolute Gasteiger partial charge is 0.441 e. The molecular weight excluding hydrogens is 380 g/mol. The summed E-state index contributed by atoms with van der Waals surface area (Å²) >= 11 is 0. The highest BCUT2D eigenvalue weighted by molar-refractivity contribution is 6.06. The Kier molecular flexibility index (Phi) is 5.05. The van der Waals surface area contributed by atoms with E-state index >= 15 is 0 Å². The van der Waals surface area contributed by atoms with E-state index in [2.05, 4.69) is 20.6 Å². The average molecular weight is 402 g/mol. The fourth-order valence-electron chi connectivity index (χ4n) is 3.03. The molecule has 2 heterocycles. The van der Waals surface area contributed by atoms with Gasteiger partial charge in [-0.1, -0.05) is 41.1 Å². The maximum Gasteiger partial charge on any atom is 0.280 e. The SMILES string of the molecule is Cc1ccc(-c2nc(Cn3nnc(C(=O)Nc4ccccc4C)c3N)c(C)o2)cc1. The van der Waals surface area contributed by atoms with E-state index in [1.807, 2.05) is 69.3 Å². The predicted octanol–water partition coefficient (Wildman–Crippen LogP) is 3.74. The molecule has 0 aliphatic heterocycles. The van der Waals surface area contributed by atoms with Crippen LogP contribution in [0.25, 0.3) is 11.5 Å². The molecule has 0 bridgehead atoms. The van der Waals surface area contributed by atoms with Gasteiger partial charge in [0.05, 0.1) is 6.54 Å². The molecule has 0 fully saturated rings. The third kappa shape index (κ3) is 3.80. The molecule has 0 saturated carbocycles. The number of para-hydroxylation sites is 1. The third-order valence-corrected chi connectivity index (χ3v) is 4.87. The Labute approximate surface area is 173 Å². The number of amides is 1. The first-order valence-corrected chi connectivity index (χ1v) is 9.51. The molecule has 0 spiro atoms. The van der Waals surface area contributed by atoms with Gasteiger partial charge in [0, 0.05) is 11.3 Å². The Morgan fingerprint density at radius 2 is 1.83 bits per heavy atom. The zero-order valence-electron chi connectivity index (χ0n) is 17.0. The van der Waals surface area contributed by atoms with E-state index in [9.17, 15) is 4.79 Å². The zero-order valence-corrected chi connectivity index (χ0v) is 17.0. The van der Waals surface area contributed by atoms with E-state index < -0.39 is 5.91 Å². The van der Waals surface area contributed by atoms with Gasteiger partial charge in [0.15, 0.2) is 11.5 Å². The van der Waals surface area contributed by atoms with Crippen LogP contribution in [0, 0.1) is 20.8 Å². The molecule has 0 unspecified atom stereocenters. The molecule has 8 heteroatoms. The standard InChI is InChI=1S/C22H22N6O2/c1-13-8-10-16(11-9-13)22-25-18(15(3)30-22)12-28-20(23)19(26-27-28)21(29)24-17-7-5-4-6-14(17)2/h4-11H,12,23H2,1-3H3,(H,24,29). The second-order valence-corrected chi connectivity index (χ2v) is 7.14. The number of nitrogen functional groups attached to an aromatic ring is 1. The van der Waals surface area contributed by atoms with Crippen molar-refractivity contribution in [3.05, 3.63) is 76.8 Å². The summed E-state index contributed by atoms with van der Waals surface area (Å²) < 4.78 is 7.25. The average Bonchev–Trinajstić information content (AvgIpc) is 3.27. The molecule has 0 aliphatic carbocycles. The number of aryl methyl sites for hydroxylation is 3. The molecule has 3 N–H and O–H groups in total. The van der Waals surface area contributed by atoms with Crippen molar-refractivity contribution in [3.63, 3.8) is 0 Å². The highest BCUT2D eigenvalue weighted by atomic mass is 16.4. The van der Waals surface area contributed by atoms with Crippen LogP contribution in [0.2, 0.25) is 0 Å². The van der Waals surface area contributed by atoms with E-state index in [-0.39, 0.29) is 18.1 Å². The Balaban J connectivity index is 1.54. The van der Waals surface area contributed by atoms with Crippen molar-refractivity contribution in [1.82, 2.24) is 20.0 Å². The normalized spacial score (nSPS) is 10.9. The summed E-state index contributed by atoms with van der Waals surface area (Å²) in [5, 5.41) is 10.8. The van der Waals surface area contributed by atoms with Gasteiger partial charge in [-0.2, -0.15) is 0 Å². The van der Waals surface area contributed by atoms with Crippen LogP contribution in [0.5, 0.6) is 0 Å². The van der Waals surface area contributed by atoms with Crippen LogP contribution in [0.15, 0.2) is 52.9 Å². The van der Waals surface area contributed by atoms with Gasteiger partial charge in [-0.05, 0) is 44.5 Å². The van der Waals surface area contributed by atoms with Crippen molar-refractivity contribution in [3.8, 4) is 11.5 Å². The number of anilines is 2. The Bertz CT molecular complexity index is 1210. The minimum absolute atomic E-state index is 0.0677. The molecule has 0 radical (unpaired) electrons. The Morgan fingerprint density at radius 1 is 1.10 bits per heavy atom. The van der Waals surface area contributed by atoms with Gasteiger partial charge in [-0.3, -0.25) is 4.79 Å². The number of oxazole rings is 1. The zero-order chi connectivity index (χ0) is 21.3. The number of hydrogen-bond acceptors (Lipinski definition) is 6. The number of benzene rings is 2. The number of nitrogens with zero attached hydrogens (tertiary/aromatic N) is 4. The Hall–Kier alpha value is -3.94. The first-order valence-electron chi connectivity index (χ1n) is 9.51. The first-order chi connectivity index (χ1) is 14.4. The predicted molar refractivity (Wildman–Crippen MR) is 114 cm³/mol. The highest BCUT2D eigenvalue weighted by Crippen LogP contribution is 2.23. The van der Waals surface area contributed by atoms with Crippen LogP contribution in [-0.2, 0) is 6.54 Å². The molecule has 152 valence electrons. The molecular formula is C22H22N6O2. The van der Waals surface area contributed by atoms with E-state index in [0.29, 0.717) is 23.0 Å². The molecule has 0 aliphatic rings. The summed E-state index contributed by atoms with van der Waals surface area (Å²) in [4.78, 5) is 17.2. The number of aromatic nitrogens is 4. The van der Waals surface area contributed by atoms with E-state index in [1.165, 1.54) is 4.68 Å². The van der Waals surface area contributed by atoms with Gasteiger partial charge in [0.1, 0.15) is 11.5 Å². The minimum atomic E-state index is -0.412. The number of hydrogen-bond donors (Lipinski definition) is 2. The van der Waals surface area contributed by atoms with Crippen LogP contribution in [-0.4, -0.2) is 25.9 Å². The number of rotatable bonds is 5. The molecule has 4 rings (SSSR count). The van der Waals surface area contributed by atoms with Crippen LogP contribution < -0.4 is 11.1 Å². The summed E-state index contributed by atoms with van der Waals surface area (Å²) in [6, 6.07) is 15.4. The topological polar surface area (TPSA) is 112 Å². The fourth-order valence-corrected chi connectivity index (χ4v) is 3.03. The van der Waals surface area contributed by atoms with Crippen LogP contribution in [0.3, 0.4) is 0 Å². The summed E-state index contributed by atoms with van der Waals surface area (Å²) in [5.74, 6) is 0.940. The third-order valence-electron chi connectivity index (χ3n) is 4.87. The Morgan fingerprint density at radius 3 is 2.57 bits per heavy atom. The summed E-state index contributed by atoms with van der Waals surface area (Å²) in [5.41, 5.74) is 10.6. The molecule has 4 aromatic rings. The number of nitrogens with two attached hydrogens (primary N) is 1. The van der Waals surface area contributed by atoms with Crippen molar-refractivity contribution >= 4 is 17.4 Å². The lowest BCUT2D eigenvalue weighted by atomic mass is 10.1. The van der Waals surface area contributed by atoms with Crippen LogP contribution in [0.4, 0.5) is 11.5 Å². The fraction of sp³-hybridized carbons (Fsp3) is 0.182. The second kappa shape index (κ2) is 7.82. The summed E-state index contributed by atoms with van der Waals surface area (Å²) in [6.07, 6.45) is 0. The highest BCUT2D eigenvalue weighted by Gasteiger charge is 2.20. The molecule has 2 aromatic carbocycles. The lowest BCUT2D eigenvalue weighted by Gasteiger charge is -2.07. The van der Waals surface area contributed by atoms with Crippen molar-refractivity contribution in [1.29, 1.82) is 0 Å². The molecule has 1 amide bonds. The molecule has 2 aromatic heterocycles. The molecule has 30 heavy (non-hydrogen) atoms. The maximum absolute atomic E-state index is 12.6. The van der Waals surface area contributed by atoms with Gasteiger partial charge in [-0.15, -0.1) is 5.10 Å². The number of carbonyl (C=O) groups excluding carboxylic acids is 1. The van der Waals surface area contributed by atoms with E-state index in [1.54, 1.807) is 0 Å². The van der Waals surface area contributed by atoms with Gasteiger partial charge in [0.2, 0.25) is 5.89 Å². The summed E-state index contributed by atoms with van der Waals surface area (Å²) in [6.45, 7) is 6.02. The van der Waals surface area contributed by atoms with Gasteiger partial charge >= 0.3 is 0 Å². The van der Waals surface area contributed by atoms with E-state index in [0.717, 1.165) is 16.7 Å². The van der Waals surface area contributed by atoms with Crippen molar-refractivity contribution in [2.45, 2.75) is 27.3 Å². The second-order valence-electron chi connectivity index (χ2n) is 7.14. The van der Waals surface area contributed by atoms with Gasteiger partial charge < -0.3 is 15.5 Å². The number of carbonyl (C=O) groups is 1. The van der Waals surface area contributed by atoms with Gasteiger partial charge in [-0.25, -0.2) is 9.67 Å². The van der Waals surface area contributed by atoms with Crippen molar-refractivity contribution in [2.75, 3.05) is 11.1 Å². The molecule has 0 atom stereocenters. The van der Waals surface area contributed by atoms with Gasteiger partial charge in [0.25, 0.3) is 5.91 Å². The lowest BCUT2D eigenvalue weighted by Crippen LogP contribution is -2.16. The summed E-state index contributed by atoms with van der Waals surface area (Å²) in [7, 11) is 0. The van der Waals surface area contributed by atoms with E-state index in [4.69, 9.17) is 10.2 Å². The van der Waals surface area contributed by atoms with Crippen LogP contribution in [0.1, 0.15) is 33.1 Å². The maximum atomic E-state index is 12.6. The minimum Gasteiger partial charge on any atom is -0.441 e. The monoisotopic (exact) mass is 402 g/mol. The molecule has 0 saturated heterocycles.